The van der Waals surface area contributed by atoms with Crippen molar-refractivity contribution in [3.05, 3.63) is 23.4 Å². The van der Waals surface area contributed by atoms with Gasteiger partial charge in [0.05, 0.1) is 6.54 Å². The molecule has 0 aromatic carbocycles. The Hall–Kier alpha value is -1.62. The summed E-state index contributed by atoms with van der Waals surface area (Å²) >= 11 is 0. The highest BCUT2D eigenvalue weighted by Crippen LogP contribution is 2.16. The largest absolute Gasteiger partial charge is 0.350 e. The summed E-state index contributed by atoms with van der Waals surface area (Å²) < 4.78 is 0. The van der Waals surface area contributed by atoms with Crippen molar-refractivity contribution in [2.45, 2.75) is 13.5 Å². The Kier molecular flexibility index (Phi) is 5.09. The molecule has 0 spiro atoms. The predicted octanol–water partition coefficient (Wildman–Crippen LogP) is 0.634. The number of rotatable bonds is 5. The number of likely N-dealkylation sites (N-methyl/N-ethyl adjacent to an activating group) is 2. The number of hydrogen-bond acceptors (Lipinski definition) is 4. The van der Waals surface area contributed by atoms with Crippen LogP contribution in [0.4, 0.5) is 5.82 Å². The van der Waals surface area contributed by atoms with Gasteiger partial charge in [-0.2, -0.15) is 0 Å². The van der Waals surface area contributed by atoms with Crippen LogP contribution in [0.3, 0.4) is 0 Å². The van der Waals surface area contributed by atoms with Crippen LogP contribution in [0.1, 0.15) is 11.1 Å². The number of nitrogens with zero attached hydrogens (tertiary/aromatic N) is 3. The standard InChI is InChI=1S/C13H22N4O/c1-10-6-11(7-14-2)8-15-13(10)17(5)9-12(18)16(3)4/h6,8,14H,7,9H2,1-5H3. The van der Waals surface area contributed by atoms with Gasteiger partial charge in [0, 0.05) is 33.9 Å². The Bertz CT molecular complexity index is 417. The second kappa shape index (κ2) is 6.35. The maximum atomic E-state index is 11.7. The van der Waals surface area contributed by atoms with E-state index < -0.39 is 0 Å². The molecule has 5 nitrogen and oxygen atoms in total. The van der Waals surface area contributed by atoms with Gasteiger partial charge in [-0.05, 0) is 31.2 Å². The maximum Gasteiger partial charge on any atom is 0.241 e. The highest BCUT2D eigenvalue weighted by Gasteiger charge is 2.12. The van der Waals surface area contributed by atoms with Crippen molar-refractivity contribution >= 4 is 11.7 Å². The zero-order valence-electron chi connectivity index (χ0n) is 11.8. The van der Waals surface area contributed by atoms with Crippen LogP contribution in [0, 0.1) is 6.92 Å². The molecule has 1 rings (SSSR count). The van der Waals surface area contributed by atoms with Crippen LogP contribution in [-0.4, -0.2) is 50.5 Å². The van der Waals surface area contributed by atoms with Crippen LogP contribution in [0.2, 0.25) is 0 Å². The van der Waals surface area contributed by atoms with Gasteiger partial charge in [0.15, 0.2) is 0 Å². The van der Waals surface area contributed by atoms with E-state index in [4.69, 9.17) is 0 Å². The number of pyridine rings is 1. The molecule has 1 aromatic rings. The number of nitrogens with one attached hydrogen (secondary N) is 1. The van der Waals surface area contributed by atoms with Gasteiger partial charge in [-0.15, -0.1) is 0 Å². The Balaban J connectivity index is 2.80. The summed E-state index contributed by atoms with van der Waals surface area (Å²) in [7, 11) is 7.30. The first-order chi connectivity index (χ1) is 8.45. The van der Waals surface area contributed by atoms with Crippen molar-refractivity contribution in [2.75, 3.05) is 39.6 Å². The van der Waals surface area contributed by atoms with Gasteiger partial charge < -0.3 is 15.1 Å². The summed E-state index contributed by atoms with van der Waals surface area (Å²) in [6, 6.07) is 2.09. The predicted molar refractivity (Wildman–Crippen MR) is 73.7 cm³/mol. The molecule has 100 valence electrons. The second-order valence-corrected chi connectivity index (χ2v) is 4.66. The lowest BCUT2D eigenvalue weighted by atomic mass is 10.2. The molecule has 0 bridgehead atoms. The minimum absolute atomic E-state index is 0.0676. The van der Waals surface area contributed by atoms with Crippen LogP contribution in [0.25, 0.3) is 0 Å². The molecule has 18 heavy (non-hydrogen) atoms. The number of hydrogen-bond donors (Lipinski definition) is 1. The number of aryl methyl sites for hydroxylation is 1. The topological polar surface area (TPSA) is 48.5 Å². The third-order valence-electron chi connectivity index (χ3n) is 2.72. The van der Waals surface area contributed by atoms with E-state index in [9.17, 15) is 4.79 Å². The monoisotopic (exact) mass is 250 g/mol. The van der Waals surface area contributed by atoms with Crippen LogP contribution >= 0.6 is 0 Å². The van der Waals surface area contributed by atoms with Crippen molar-refractivity contribution in [2.24, 2.45) is 0 Å². The Morgan fingerprint density at radius 2 is 2.06 bits per heavy atom. The molecule has 0 aliphatic heterocycles. The van der Waals surface area contributed by atoms with E-state index in [1.54, 1.807) is 19.0 Å². The summed E-state index contributed by atoms with van der Waals surface area (Å²) in [5, 5.41) is 3.09. The van der Waals surface area contributed by atoms with E-state index >= 15 is 0 Å². The minimum atomic E-state index is 0.0676. The van der Waals surface area contributed by atoms with Crippen LogP contribution in [-0.2, 0) is 11.3 Å². The van der Waals surface area contributed by atoms with Gasteiger partial charge in [0.1, 0.15) is 5.82 Å². The molecule has 1 N–H and O–H groups in total. The lowest BCUT2D eigenvalue weighted by Crippen LogP contribution is -2.35. The number of carbonyl (C=O) groups is 1. The van der Waals surface area contributed by atoms with Crippen LogP contribution < -0.4 is 10.2 Å². The quantitative estimate of drug-likeness (QED) is 0.833. The van der Waals surface area contributed by atoms with Gasteiger partial charge in [-0.3, -0.25) is 4.79 Å². The number of aromatic nitrogens is 1. The zero-order chi connectivity index (χ0) is 13.7. The van der Waals surface area contributed by atoms with E-state index in [2.05, 4.69) is 16.4 Å². The molecule has 5 heteroatoms. The average molecular weight is 250 g/mol. The summed E-state index contributed by atoms with van der Waals surface area (Å²) in [4.78, 5) is 19.5. The fourth-order valence-corrected chi connectivity index (χ4v) is 1.75. The van der Waals surface area contributed by atoms with E-state index in [1.807, 2.05) is 32.1 Å². The third-order valence-corrected chi connectivity index (χ3v) is 2.72. The van der Waals surface area contributed by atoms with Gasteiger partial charge in [0.2, 0.25) is 5.91 Å². The SMILES string of the molecule is CNCc1cnc(N(C)CC(=O)N(C)C)c(C)c1. The maximum absolute atomic E-state index is 11.7. The highest BCUT2D eigenvalue weighted by atomic mass is 16.2. The number of carbonyl (C=O) groups excluding carboxylic acids is 1. The number of amides is 1. The molecule has 0 saturated heterocycles. The first-order valence-corrected chi connectivity index (χ1v) is 5.97. The van der Waals surface area contributed by atoms with Crippen molar-refractivity contribution in [1.82, 2.24) is 15.2 Å². The van der Waals surface area contributed by atoms with Crippen molar-refractivity contribution in [3.63, 3.8) is 0 Å². The second-order valence-electron chi connectivity index (χ2n) is 4.66. The average Bonchev–Trinajstić information content (AvgIpc) is 2.29. The minimum Gasteiger partial charge on any atom is -0.350 e. The van der Waals surface area contributed by atoms with Crippen molar-refractivity contribution in [1.29, 1.82) is 0 Å². The van der Waals surface area contributed by atoms with E-state index in [1.165, 1.54) is 0 Å². The van der Waals surface area contributed by atoms with Gasteiger partial charge >= 0.3 is 0 Å². The molecule has 0 saturated carbocycles. The van der Waals surface area contributed by atoms with Crippen molar-refractivity contribution in [3.8, 4) is 0 Å². The highest BCUT2D eigenvalue weighted by molar-refractivity contribution is 5.80. The van der Waals surface area contributed by atoms with E-state index in [0.717, 1.165) is 23.5 Å². The van der Waals surface area contributed by atoms with E-state index in [0.29, 0.717) is 6.54 Å². The summed E-state index contributed by atoms with van der Waals surface area (Å²) in [6.07, 6.45) is 1.84. The lowest BCUT2D eigenvalue weighted by Gasteiger charge is -2.22. The van der Waals surface area contributed by atoms with Gasteiger partial charge in [0.25, 0.3) is 0 Å². The molecule has 1 aromatic heterocycles. The van der Waals surface area contributed by atoms with Gasteiger partial charge in [-0.1, -0.05) is 0 Å². The van der Waals surface area contributed by atoms with Crippen LogP contribution in [0.15, 0.2) is 12.3 Å². The summed E-state index contributed by atoms with van der Waals surface area (Å²) in [5.74, 6) is 0.919. The number of anilines is 1. The molecule has 0 aliphatic carbocycles. The molecule has 0 atom stereocenters. The lowest BCUT2D eigenvalue weighted by molar-refractivity contribution is -0.127. The molecular weight excluding hydrogens is 228 g/mol. The Morgan fingerprint density at radius 1 is 1.39 bits per heavy atom. The fourth-order valence-electron chi connectivity index (χ4n) is 1.75. The molecule has 1 amide bonds. The van der Waals surface area contributed by atoms with E-state index in [-0.39, 0.29) is 5.91 Å². The fraction of sp³-hybridized carbons (Fsp3) is 0.538. The first kappa shape index (κ1) is 14.4. The molecule has 1 heterocycles. The molecule has 0 fully saturated rings. The first-order valence-electron chi connectivity index (χ1n) is 5.97. The normalized spacial score (nSPS) is 10.3. The zero-order valence-corrected chi connectivity index (χ0v) is 11.8. The summed E-state index contributed by atoms with van der Waals surface area (Å²) in [6.45, 7) is 3.15. The van der Waals surface area contributed by atoms with Crippen molar-refractivity contribution < 1.29 is 4.79 Å². The summed E-state index contributed by atoms with van der Waals surface area (Å²) in [5.41, 5.74) is 2.22. The third kappa shape index (κ3) is 3.70. The molecule has 0 unspecified atom stereocenters. The van der Waals surface area contributed by atoms with Gasteiger partial charge in [-0.25, -0.2) is 4.98 Å². The molecular formula is C13H22N4O. The Labute approximate surface area is 109 Å². The van der Waals surface area contributed by atoms with Crippen LogP contribution in [0.5, 0.6) is 0 Å². The smallest absolute Gasteiger partial charge is 0.241 e. The Morgan fingerprint density at radius 3 is 2.56 bits per heavy atom. The molecule has 0 radical (unpaired) electrons. The molecule has 0 aliphatic rings.